The molecule has 0 aliphatic carbocycles. The summed E-state index contributed by atoms with van der Waals surface area (Å²) in [5.41, 5.74) is 1.47. The standard InChI is InChI=1S/C15H14BrN3O2S/c16-12-3-7-14(8-4-12)22(20,21)19-13-5-1-11(2-6-13)15-17-9-10-18-15/h1-8,19H,9-10H2,(H,17,18). The van der Waals surface area contributed by atoms with Gasteiger partial charge in [0.1, 0.15) is 5.84 Å². The first kappa shape index (κ1) is 15.1. The van der Waals surface area contributed by atoms with E-state index < -0.39 is 10.0 Å². The molecule has 2 aromatic rings. The number of nitrogens with one attached hydrogen (secondary N) is 2. The van der Waals surface area contributed by atoms with Crippen LogP contribution in [0.1, 0.15) is 5.56 Å². The highest BCUT2D eigenvalue weighted by Crippen LogP contribution is 2.19. The Bertz CT molecular complexity index is 800. The Hall–Kier alpha value is -1.86. The van der Waals surface area contributed by atoms with Gasteiger partial charge in [0, 0.05) is 22.3 Å². The molecule has 0 bridgehead atoms. The smallest absolute Gasteiger partial charge is 0.261 e. The number of amidine groups is 1. The largest absolute Gasteiger partial charge is 0.368 e. The maximum absolute atomic E-state index is 12.3. The van der Waals surface area contributed by atoms with Crippen molar-refractivity contribution in [1.82, 2.24) is 5.32 Å². The molecule has 0 saturated heterocycles. The molecule has 0 saturated carbocycles. The third-order valence-corrected chi connectivity index (χ3v) is 5.13. The van der Waals surface area contributed by atoms with Gasteiger partial charge in [-0.2, -0.15) is 0 Å². The Kier molecular flexibility index (Phi) is 4.17. The molecule has 2 aromatic carbocycles. The van der Waals surface area contributed by atoms with Gasteiger partial charge in [-0.3, -0.25) is 9.71 Å². The molecule has 1 aliphatic heterocycles. The lowest BCUT2D eigenvalue weighted by molar-refractivity contribution is 0.601. The van der Waals surface area contributed by atoms with Crippen LogP contribution in [0.2, 0.25) is 0 Å². The number of aliphatic imine (C=N–C) groups is 1. The Morgan fingerprint density at radius 1 is 1.05 bits per heavy atom. The molecule has 0 fully saturated rings. The summed E-state index contributed by atoms with van der Waals surface area (Å²) in [7, 11) is -3.58. The summed E-state index contributed by atoms with van der Waals surface area (Å²) in [6.07, 6.45) is 0. The van der Waals surface area contributed by atoms with Crippen LogP contribution < -0.4 is 10.0 Å². The van der Waals surface area contributed by atoms with Crippen LogP contribution in [0.3, 0.4) is 0 Å². The van der Waals surface area contributed by atoms with Gasteiger partial charge in [-0.15, -0.1) is 0 Å². The van der Waals surface area contributed by atoms with Gasteiger partial charge in [0.2, 0.25) is 0 Å². The fourth-order valence-corrected chi connectivity index (χ4v) is 3.44. The molecule has 7 heteroatoms. The fourth-order valence-electron chi connectivity index (χ4n) is 2.12. The van der Waals surface area contributed by atoms with Gasteiger partial charge in [-0.1, -0.05) is 15.9 Å². The summed E-state index contributed by atoms with van der Waals surface area (Å²) in [6, 6.07) is 13.6. The first-order valence-corrected chi connectivity index (χ1v) is 8.99. The molecule has 2 N–H and O–H groups in total. The fraction of sp³-hybridized carbons (Fsp3) is 0.133. The van der Waals surface area contributed by atoms with E-state index in [1.54, 1.807) is 36.4 Å². The molecule has 22 heavy (non-hydrogen) atoms. The molecule has 0 unspecified atom stereocenters. The van der Waals surface area contributed by atoms with Crippen LogP contribution in [0.5, 0.6) is 0 Å². The number of halogens is 1. The Balaban J connectivity index is 1.78. The van der Waals surface area contributed by atoms with Crippen molar-refractivity contribution in [2.24, 2.45) is 4.99 Å². The van der Waals surface area contributed by atoms with E-state index in [9.17, 15) is 8.42 Å². The van der Waals surface area contributed by atoms with Crippen molar-refractivity contribution in [3.05, 3.63) is 58.6 Å². The van der Waals surface area contributed by atoms with E-state index in [1.807, 2.05) is 12.1 Å². The molecule has 1 aliphatic rings. The Morgan fingerprint density at radius 3 is 2.32 bits per heavy atom. The highest BCUT2D eigenvalue weighted by molar-refractivity contribution is 9.10. The van der Waals surface area contributed by atoms with Crippen LogP contribution in [0.15, 0.2) is 62.9 Å². The van der Waals surface area contributed by atoms with Crippen LogP contribution in [0, 0.1) is 0 Å². The minimum absolute atomic E-state index is 0.224. The summed E-state index contributed by atoms with van der Waals surface area (Å²) in [5.74, 6) is 0.849. The van der Waals surface area contributed by atoms with Crippen molar-refractivity contribution >= 4 is 37.5 Å². The predicted octanol–water partition coefficient (Wildman–Crippen LogP) is 2.60. The number of anilines is 1. The summed E-state index contributed by atoms with van der Waals surface area (Å²) >= 11 is 3.29. The molecule has 3 rings (SSSR count). The van der Waals surface area contributed by atoms with E-state index in [0.717, 1.165) is 29.0 Å². The van der Waals surface area contributed by atoms with Crippen molar-refractivity contribution in [1.29, 1.82) is 0 Å². The number of benzene rings is 2. The first-order valence-electron chi connectivity index (χ1n) is 6.72. The predicted molar refractivity (Wildman–Crippen MR) is 90.8 cm³/mol. The van der Waals surface area contributed by atoms with E-state index in [1.165, 1.54) is 0 Å². The second-order valence-corrected chi connectivity index (χ2v) is 7.39. The Morgan fingerprint density at radius 2 is 1.73 bits per heavy atom. The zero-order valence-electron chi connectivity index (χ0n) is 11.6. The average Bonchev–Trinajstić information content (AvgIpc) is 3.02. The van der Waals surface area contributed by atoms with Gasteiger partial charge in [0.15, 0.2) is 0 Å². The highest BCUT2D eigenvalue weighted by atomic mass is 79.9. The van der Waals surface area contributed by atoms with Gasteiger partial charge in [-0.05, 0) is 48.5 Å². The molecular weight excluding hydrogens is 366 g/mol. The van der Waals surface area contributed by atoms with Crippen molar-refractivity contribution < 1.29 is 8.42 Å². The maximum atomic E-state index is 12.3. The molecule has 1 heterocycles. The molecule has 114 valence electrons. The summed E-state index contributed by atoms with van der Waals surface area (Å²) in [4.78, 5) is 4.55. The van der Waals surface area contributed by atoms with E-state index in [2.05, 4.69) is 31.0 Å². The number of hydrogen-bond acceptors (Lipinski definition) is 4. The molecular formula is C15H14BrN3O2S. The number of sulfonamides is 1. The van der Waals surface area contributed by atoms with Crippen LogP contribution in [-0.2, 0) is 10.0 Å². The minimum Gasteiger partial charge on any atom is -0.368 e. The SMILES string of the molecule is O=S(=O)(Nc1ccc(C2=NCCN2)cc1)c1ccc(Br)cc1. The zero-order valence-corrected chi connectivity index (χ0v) is 14.0. The van der Waals surface area contributed by atoms with Gasteiger partial charge in [0.25, 0.3) is 10.0 Å². The quantitative estimate of drug-likeness (QED) is 0.857. The van der Waals surface area contributed by atoms with Crippen LogP contribution >= 0.6 is 15.9 Å². The summed E-state index contributed by atoms with van der Waals surface area (Å²) < 4.78 is 28.0. The molecule has 0 spiro atoms. The lowest BCUT2D eigenvalue weighted by atomic mass is 10.2. The molecule has 0 aromatic heterocycles. The van der Waals surface area contributed by atoms with E-state index in [-0.39, 0.29) is 4.90 Å². The van der Waals surface area contributed by atoms with Gasteiger partial charge < -0.3 is 5.32 Å². The number of hydrogen-bond donors (Lipinski definition) is 2. The molecule has 0 amide bonds. The topological polar surface area (TPSA) is 70.6 Å². The van der Waals surface area contributed by atoms with E-state index in [0.29, 0.717) is 5.69 Å². The molecule has 0 atom stereocenters. The average molecular weight is 380 g/mol. The van der Waals surface area contributed by atoms with E-state index >= 15 is 0 Å². The second-order valence-electron chi connectivity index (χ2n) is 4.79. The Labute approximate surface area is 137 Å². The first-order chi connectivity index (χ1) is 10.5. The van der Waals surface area contributed by atoms with Crippen LogP contribution in [0.25, 0.3) is 0 Å². The molecule has 0 radical (unpaired) electrons. The van der Waals surface area contributed by atoms with Gasteiger partial charge in [-0.25, -0.2) is 8.42 Å². The van der Waals surface area contributed by atoms with Crippen molar-refractivity contribution in [3.63, 3.8) is 0 Å². The minimum atomic E-state index is -3.58. The van der Waals surface area contributed by atoms with Gasteiger partial charge in [0.05, 0.1) is 11.4 Å². The van der Waals surface area contributed by atoms with Crippen molar-refractivity contribution in [2.75, 3.05) is 17.8 Å². The maximum Gasteiger partial charge on any atom is 0.261 e. The highest BCUT2D eigenvalue weighted by Gasteiger charge is 2.14. The second kappa shape index (κ2) is 6.10. The monoisotopic (exact) mass is 379 g/mol. The number of nitrogens with zero attached hydrogens (tertiary/aromatic N) is 1. The lowest BCUT2D eigenvalue weighted by Gasteiger charge is -2.09. The van der Waals surface area contributed by atoms with Crippen molar-refractivity contribution in [2.45, 2.75) is 4.90 Å². The normalized spacial score (nSPS) is 14.3. The molecule has 5 nitrogen and oxygen atoms in total. The lowest BCUT2D eigenvalue weighted by Crippen LogP contribution is -2.19. The number of rotatable bonds is 4. The van der Waals surface area contributed by atoms with Gasteiger partial charge >= 0.3 is 0 Å². The zero-order chi connectivity index (χ0) is 15.6. The van der Waals surface area contributed by atoms with Crippen LogP contribution in [-0.4, -0.2) is 27.3 Å². The van der Waals surface area contributed by atoms with Crippen molar-refractivity contribution in [3.8, 4) is 0 Å². The third-order valence-electron chi connectivity index (χ3n) is 3.21. The summed E-state index contributed by atoms with van der Waals surface area (Å²) in [6.45, 7) is 1.61. The summed E-state index contributed by atoms with van der Waals surface area (Å²) in [5, 5.41) is 3.18. The third kappa shape index (κ3) is 3.31. The van der Waals surface area contributed by atoms with Crippen LogP contribution in [0.4, 0.5) is 5.69 Å². The van der Waals surface area contributed by atoms with E-state index in [4.69, 9.17) is 0 Å².